The molecular weight excluding hydrogens is 290 g/mol. The van der Waals surface area contributed by atoms with E-state index < -0.39 is 0 Å². The van der Waals surface area contributed by atoms with Crippen LogP contribution in [0.3, 0.4) is 0 Å². The molecule has 0 bridgehead atoms. The van der Waals surface area contributed by atoms with Gasteiger partial charge in [-0.05, 0) is 31.2 Å². The molecule has 0 N–H and O–H groups in total. The Morgan fingerprint density at radius 2 is 2.04 bits per heavy atom. The molecule has 0 aliphatic carbocycles. The van der Waals surface area contributed by atoms with Crippen molar-refractivity contribution in [3.8, 4) is 0 Å². The normalized spacial score (nSPS) is 21.5. The van der Waals surface area contributed by atoms with Gasteiger partial charge in [0.1, 0.15) is 5.71 Å². The number of aryl methyl sites for hydroxylation is 1. The van der Waals surface area contributed by atoms with E-state index in [9.17, 15) is 9.59 Å². The molecule has 23 heavy (non-hydrogen) atoms. The van der Waals surface area contributed by atoms with Gasteiger partial charge in [-0.2, -0.15) is 5.10 Å². The van der Waals surface area contributed by atoms with Crippen LogP contribution in [-0.2, 0) is 16.0 Å². The molecule has 2 amide bonds. The van der Waals surface area contributed by atoms with Gasteiger partial charge in [0, 0.05) is 32.5 Å². The van der Waals surface area contributed by atoms with E-state index in [1.54, 1.807) is 7.05 Å². The zero-order chi connectivity index (χ0) is 16.2. The van der Waals surface area contributed by atoms with Crippen LogP contribution < -0.4 is 0 Å². The van der Waals surface area contributed by atoms with Gasteiger partial charge in [0.25, 0.3) is 5.91 Å². The van der Waals surface area contributed by atoms with Gasteiger partial charge in [-0.15, -0.1) is 0 Å². The van der Waals surface area contributed by atoms with Gasteiger partial charge >= 0.3 is 0 Å². The van der Waals surface area contributed by atoms with Crippen molar-refractivity contribution in [2.45, 2.75) is 44.6 Å². The van der Waals surface area contributed by atoms with E-state index >= 15 is 0 Å². The van der Waals surface area contributed by atoms with Gasteiger partial charge < -0.3 is 4.90 Å². The average molecular weight is 313 g/mol. The van der Waals surface area contributed by atoms with Crippen LogP contribution in [0.2, 0.25) is 0 Å². The van der Waals surface area contributed by atoms with Crippen LogP contribution in [0.5, 0.6) is 0 Å². The van der Waals surface area contributed by atoms with Crippen molar-refractivity contribution in [1.29, 1.82) is 0 Å². The van der Waals surface area contributed by atoms with Crippen molar-refractivity contribution >= 4 is 17.5 Å². The number of hydrogen-bond donors (Lipinski definition) is 0. The third kappa shape index (κ3) is 3.60. The summed E-state index contributed by atoms with van der Waals surface area (Å²) in [6.07, 6.45) is 4.92. The van der Waals surface area contributed by atoms with Crippen LogP contribution in [-0.4, -0.2) is 47.1 Å². The first-order valence-electron chi connectivity index (χ1n) is 8.34. The predicted molar refractivity (Wildman–Crippen MR) is 88.9 cm³/mol. The number of hydrazone groups is 1. The number of amides is 2. The molecule has 0 saturated carbocycles. The standard InChI is InChI=1S/C18H23N3O2/c1-20-17(22)12-11-16(19-20)18(23)21-13-5-8-15(21)10-9-14-6-3-2-4-7-14/h2-4,6-7,15H,5,8-13H2,1H3. The maximum Gasteiger partial charge on any atom is 0.270 e. The lowest BCUT2D eigenvalue weighted by molar-refractivity contribution is -0.130. The summed E-state index contributed by atoms with van der Waals surface area (Å²) >= 11 is 0. The summed E-state index contributed by atoms with van der Waals surface area (Å²) in [7, 11) is 1.62. The third-order valence-corrected chi connectivity index (χ3v) is 4.70. The molecule has 0 spiro atoms. The Morgan fingerprint density at radius 3 is 2.78 bits per heavy atom. The maximum absolute atomic E-state index is 12.7. The molecule has 2 aliphatic heterocycles. The van der Waals surface area contributed by atoms with E-state index in [4.69, 9.17) is 0 Å². The summed E-state index contributed by atoms with van der Waals surface area (Å²) in [5.41, 5.74) is 1.84. The van der Waals surface area contributed by atoms with E-state index in [1.165, 1.54) is 10.6 Å². The highest BCUT2D eigenvalue weighted by molar-refractivity contribution is 6.39. The maximum atomic E-state index is 12.7. The Bertz CT molecular complexity index is 612. The van der Waals surface area contributed by atoms with E-state index in [0.29, 0.717) is 18.6 Å². The fourth-order valence-corrected chi connectivity index (χ4v) is 3.37. The molecule has 2 heterocycles. The molecule has 1 unspecified atom stereocenters. The number of hydrogen-bond acceptors (Lipinski definition) is 3. The van der Waals surface area contributed by atoms with Gasteiger partial charge in [-0.3, -0.25) is 9.59 Å². The summed E-state index contributed by atoms with van der Waals surface area (Å²) in [6.45, 7) is 0.801. The molecule has 5 heteroatoms. The van der Waals surface area contributed by atoms with Gasteiger partial charge in [0.15, 0.2) is 0 Å². The molecule has 1 aromatic carbocycles. The highest BCUT2D eigenvalue weighted by Crippen LogP contribution is 2.23. The van der Waals surface area contributed by atoms with Crippen LogP contribution in [0.25, 0.3) is 0 Å². The lowest BCUT2D eigenvalue weighted by atomic mass is 10.0. The third-order valence-electron chi connectivity index (χ3n) is 4.70. The Morgan fingerprint density at radius 1 is 1.26 bits per heavy atom. The zero-order valence-corrected chi connectivity index (χ0v) is 13.6. The predicted octanol–water partition coefficient (Wildman–Crippen LogP) is 2.22. The Kier molecular flexibility index (Phi) is 4.74. The Labute approximate surface area is 137 Å². The summed E-state index contributed by atoms with van der Waals surface area (Å²) in [6, 6.07) is 10.7. The zero-order valence-electron chi connectivity index (χ0n) is 13.6. The Hall–Kier alpha value is -2.17. The van der Waals surface area contributed by atoms with E-state index in [0.717, 1.165) is 32.2 Å². The topological polar surface area (TPSA) is 53.0 Å². The SMILES string of the molecule is CN1N=C(C(=O)N2CCCC2CCc2ccccc2)CCC1=O. The van der Waals surface area contributed by atoms with Crippen molar-refractivity contribution in [1.82, 2.24) is 9.91 Å². The largest absolute Gasteiger partial charge is 0.335 e. The lowest BCUT2D eigenvalue weighted by Crippen LogP contribution is -2.43. The van der Waals surface area contributed by atoms with Crippen molar-refractivity contribution < 1.29 is 9.59 Å². The molecule has 5 nitrogen and oxygen atoms in total. The van der Waals surface area contributed by atoms with Gasteiger partial charge in [-0.25, -0.2) is 5.01 Å². The van der Waals surface area contributed by atoms with Crippen LogP contribution in [0.15, 0.2) is 35.4 Å². The molecule has 2 aliphatic rings. The number of benzene rings is 1. The first-order valence-corrected chi connectivity index (χ1v) is 8.34. The number of nitrogens with zero attached hydrogens (tertiary/aromatic N) is 3. The Balaban J connectivity index is 1.63. The lowest BCUT2D eigenvalue weighted by Gasteiger charge is -2.27. The molecule has 1 aromatic rings. The van der Waals surface area contributed by atoms with Crippen LogP contribution >= 0.6 is 0 Å². The van der Waals surface area contributed by atoms with Gasteiger partial charge in [-0.1, -0.05) is 30.3 Å². The second-order valence-corrected chi connectivity index (χ2v) is 6.28. The van der Waals surface area contributed by atoms with Crippen molar-refractivity contribution in [2.24, 2.45) is 5.10 Å². The average Bonchev–Trinajstić information content (AvgIpc) is 3.04. The molecule has 3 rings (SSSR count). The summed E-state index contributed by atoms with van der Waals surface area (Å²) in [4.78, 5) is 26.2. The quantitative estimate of drug-likeness (QED) is 0.856. The molecule has 122 valence electrons. The van der Waals surface area contributed by atoms with Crippen LogP contribution in [0, 0.1) is 0 Å². The van der Waals surface area contributed by atoms with Crippen LogP contribution in [0.1, 0.15) is 37.7 Å². The van der Waals surface area contributed by atoms with E-state index in [-0.39, 0.29) is 17.9 Å². The van der Waals surface area contributed by atoms with Crippen molar-refractivity contribution in [3.63, 3.8) is 0 Å². The fraction of sp³-hybridized carbons (Fsp3) is 0.500. The molecule has 0 aromatic heterocycles. The monoisotopic (exact) mass is 313 g/mol. The van der Waals surface area contributed by atoms with Gasteiger partial charge in [0.2, 0.25) is 5.91 Å². The minimum Gasteiger partial charge on any atom is -0.335 e. The number of likely N-dealkylation sites (tertiary alicyclic amines) is 1. The molecule has 1 atom stereocenters. The molecule has 1 fully saturated rings. The number of rotatable bonds is 4. The minimum atomic E-state index is -0.0244. The van der Waals surface area contributed by atoms with Crippen molar-refractivity contribution in [2.75, 3.05) is 13.6 Å². The smallest absolute Gasteiger partial charge is 0.270 e. The number of carbonyl (C=O) groups is 2. The molecule has 1 saturated heterocycles. The first kappa shape index (κ1) is 15.7. The molecular formula is C18H23N3O2. The van der Waals surface area contributed by atoms with Gasteiger partial charge in [0.05, 0.1) is 0 Å². The summed E-state index contributed by atoms with van der Waals surface area (Å²) in [5.74, 6) is -0.0106. The summed E-state index contributed by atoms with van der Waals surface area (Å²) < 4.78 is 0. The summed E-state index contributed by atoms with van der Waals surface area (Å²) in [5, 5.41) is 5.47. The molecule has 0 radical (unpaired) electrons. The highest BCUT2D eigenvalue weighted by Gasteiger charge is 2.32. The highest BCUT2D eigenvalue weighted by atomic mass is 16.2. The number of carbonyl (C=O) groups excluding carboxylic acids is 2. The second kappa shape index (κ2) is 6.94. The van der Waals surface area contributed by atoms with E-state index in [2.05, 4.69) is 29.4 Å². The first-order chi connectivity index (χ1) is 11.1. The van der Waals surface area contributed by atoms with Crippen molar-refractivity contribution in [3.05, 3.63) is 35.9 Å². The fourth-order valence-electron chi connectivity index (χ4n) is 3.37. The minimum absolute atomic E-state index is 0.0138. The second-order valence-electron chi connectivity index (χ2n) is 6.28. The van der Waals surface area contributed by atoms with E-state index in [1.807, 2.05) is 11.0 Å². The van der Waals surface area contributed by atoms with Crippen LogP contribution in [0.4, 0.5) is 0 Å².